The third-order valence-corrected chi connectivity index (χ3v) is 2.93. The predicted molar refractivity (Wildman–Crippen MR) is 66.1 cm³/mol. The highest BCUT2D eigenvalue weighted by Gasteiger charge is 2.13. The van der Waals surface area contributed by atoms with Crippen molar-refractivity contribution in [1.82, 2.24) is 0 Å². The predicted octanol–water partition coefficient (Wildman–Crippen LogP) is 3.70. The number of aryl methyl sites for hydroxylation is 1. The number of fused-ring (bicyclic) bond motifs is 3. The fourth-order valence-corrected chi connectivity index (χ4v) is 2.17. The van der Waals surface area contributed by atoms with E-state index in [2.05, 4.69) is 30.9 Å². The molecule has 0 radical (unpaired) electrons. The van der Waals surface area contributed by atoms with E-state index in [-0.39, 0.29) is 0 Å². The van der Waals surface area contributed by atoms with Crippen LogP contribution in [0.3, 0.4) is 0 Å². The summed E-state index contributed by atoms with van der Waals surface area (Å²) in [6, 6.07) is 6.17. The van der Waals surface area contributed by atoms with Gasteiger partial charge in [0.1, 0.15) is 11.3 Å². The van der Waals surface area contributed by atoms with Gasteiger partial charge in [0, 0.05) is 23.8 Å². The fourth-order valence-electron chi connectivity index (χ4n) is 2.17. The SMILES string of the molecule is Cc1cccc2oc3c(c12)CC#CCC=C3. The standard InChI is InChI=1S/C15H12O/c1-11-7-6-10-14-15(11)12-8-4-2-3-5-9-13(12)16-14/h5-7,9-10H,3,8H2,1H3. The van der Waals surface area contributed by atoms with Crippen molar-refractivity contribution in [2.75, 3.05) is 0 Å². The van der Waals surface area contributed by atoms with Gasteiger partial charge < -0.3 is 4.42 Å². The van der Waals surface area contributed by atoms with Crippen molar-refractivity contribution in [3.05, 3.63) is 41.2 Å². The first-order valence-corrected chi connectivity index (χ1v) is 5.49. The molecule has 16 heavy (non-hydrogen) atoms. The third-order valence-electron chi connectivity index (χ3n) is 2.93. The van der Waals surface area contributed by atoms with Gasteiger partial charge in [-0.2, -0.15) is 0 Å². The van der Waals surface area contributed by atoms with E-state index in [1.807, 2.05) is 18.2 Å². The maximum atomic E-state index is 5.85. The monoisotopic (exact) mass is 208 g/mol. The summed E-state index contributed by atoms with van der Waals surface area (Å²) in [5, 5.41) is 1.23. The molecule has 0 bridgehead atoms. The van der Waals surface area contributed by atoms with Crippen LogP contribution >= 0.6 is 0 Å². The molecule has 0 saturated carbocycles. The van der Waals surface area contributed by atoms with Gasteiger partial charge in [-0.1, -0.05) is 30.0 Å². The summed E-state index contributed by atoms with van der Waals surface area (Å²) in [7, 11) is 0. The van der Waals surface area contributed by atoms with Gasteiger partial charge >= 0.3 is 0 Å². The molecular formula is C15H12O. The van der Waals surface area contributed by atoms with Crippen molar-refractivity contribution >= 4 is 17.0 Å². The molecule has 0 fully saturated rings. The van der Waals surface area contributed by atoms with Crippen molar-refractivity contribution in [3.8, 4) is 11.8 Å². The largest absolute Gasteiger partial charge is 0.456 e. The normalized spacial score (nSPS) is 13.8. The molecule has 1 heteroatoms. The molecule has 1 aliphatic rings. The van der Waals surface area contributed by atoms with E-state index in [0.29, 0.717) is 0 Å². The first-order chi connectivity index (χ1) is 7.86. The van der Waals surface area contributed by atoms with Gasteiger partial charge in [-0.25, -0.2) is 0 Å². The van der Waals surface area contributed by atoms with Gasteiger partial charge in [0.15, 0.2) is 0 Å². The molecule has 1 heterocycles. The van der Waals surface area contributed by atoms with Crippen molar-refractivity contribution in [1.29, 1.82) is 0 Å². The number of rotatable bonds is 0. The fraction of sp³-hybridized carbons (Fsp3) is 0.200. The zero-order valence-electron chi connectivity index (χ0n) is 9.21. The van der Waals surface area contributed by atoms with E-state index in [1.165, 1.54) is 16.5 Å². The first kappa shape index (κ1) is 9.30. The number of allylic oxidation sites excluding steroid dienone is 1. The Morgan fingerprint density at radius 3 is 3.12 bits per heavy atom. The van der Waals surface area contributed by atoms with Gasteiger partial charge in [-0.15, -0.1) is 0 Å². The Kier molecular flexibility index (Phi) is 2.08. The van der Waals surface area contributed by atoms with Crippen molar-refractivity contribution in [2.45, 2.75) is 19.8 Å². The van der Waals surface area contributed by atoms with Gasteiger partial charge in [-0.05, 0) is 24.6 Å². The third kappa shape index (κ3) is 1.35. The molecule has 2 aromatic rings. The Morgan fingerprint density at radius 1 is 1.25 bits per heavy atom. The van der Waals surface area contributed by atoms with Crippen LogP contribution in [0, 0.1) is 18.8 Å². The molecular weight excluding hydrogens is 196 g/mol. The van der Waals surface area contributed by atoms with Crippen LogP contribution in [-0.2, 0) is 6.42 Å². The molecule has 1 nitrogen and oxygen atoms in total. The molecule has 78 valence electrons. The van der Waals surface area contributed by atoms with E-state index >= 15 is 0 Å². The maximum Gasteiger partial charge on any atom is 0.135 e. The molecule has 1 aromatic carbocycles. The average molecular weight is 208 g/mol. The van der Waals surface area contributed by atoms with Gasteiger partial charge in [0.05, 0.1) is 0 Å². The lowest BCUT2D eigenvalue weighted by Gasteiger charge is -1.98. The van der Waals surface area contributed by atoms with Crippen LogP contribution in [0.15, 0.2) is 28.7 Å². The summed E-state index contributed by atoms with van der Waals surface area (Å²) in [4.78, 5) is 0. The summed E-state index contributed by atoms with van der Waals surface area (Å²) >= 11 is 0. The summed E-state index contributed by atoms with van der Waals surface area (Å²) in [6.07, 6.45) is 5.71. The zero-order chi connectivity index (χ0) is 11.0. The van der Waals surface area contributed by atoms with Crippen LogP contribution in [-0.4, -0.2) is 0 Å². The van der Waals surface area contributed by atoms with Crippen molar-refractivity contribution < 1.29 is 4.42 Å². The second-order valence-corrected chi connectivity index (χ2v) is 4.03. The van der Waals surface area contributed by atoms with Crippen LogP contribution in [0.4, 0.5) is 0 Å². The van der Waals surface area contributed by atoms with Crippen LogP contribution in [0.1, 0.15) is 23.3 Å². The van der Waals surface area contributed by atoms with Gasteiger partial charge in [0.25, 0.3) is 0 Å². The minimum atomic E-state index is 0.789. The molecule has 0 unspecified atom stereocenters. The summed E-state index contributed by atoms with van der Waals surface area (Å²) in [6.45, 7) is 2.12. The zero-order valence-corrected chi connectivity index (χ0v) is 9.21. The molecule has 0 saturated heterocycles. The van der Waals surface area contributed by atoms with E-state index < -0.39 is 0 Å². The van der Waals surface area contributed by atoms with E-state index in [9.17, 15) is 0 Å². The molecule has 0 amide bonds. The topological polar surface area (TPSA) is 13.1 Å². The molecule has 1 aromatic heterocycles. The molecule has 0 atom stereocenters. The van der Waals surface area contributed by atoms with Crippen LogP contribution < -0.4 is 0 Å². The summed E-state index contributed by atoms with van der Waals surface area (Å²) in [5.41, 5.74) is 3.47. The molecule has 0 N–H and O–H groups in total. The second kappa shape index (κ2) is 3.57. The highest BCUT2D eigenvalue weighted by molar-refractivity contribution is 5.88. The number of furan rings is 1. The Balaban J connectivity index is 2.36. The number of hydrogen-bond donors (Lipinski definition) is 0. The van der Waals surface area contributed by atoms with Crippen molar-refractivity contribution in [2.24, 2.45) is 0 Å². The smallest absolute Gasteiger partial charge is 0.135 e. The van der Waals surface area contributed by atoms with E-state index in [4.69, 9.17) is 4.42 Å². The average Bonchev–Trinajstić information content (AvgIpc) is 2.57. The van der Waals surface area contributed by atoms with Crippen LogP contribution in [0.2, 0.25) is 0 Å². The minimum Gasteiger partial charge on any atom is -0.456 e. The lowest BCUT2D eigenvalue weighted by atomic mass is 10.0. The lowest BCUT2D eigenvalue weighted by molar-refractivity contribution is 0.600. The lowest BCUT2D eigenvalue weighted by Crippen LogP contribution is -1.86. The minimum absolute atomic E-state index is 0.789. The highest BCUT2D eigenvalue weighted by Crippen LogP contribution is 2.30. The van der Waals surface area contributed by atoms with E-state index in [0.717, 1.165) is 24.2 Å². The summed E-state index contributed by atoms with van der Waals surface area (Å²) in [5.74, 6) is 7.28. The van der Waals surface area contributed by atoms with Gasteiger partial charge in [0.2, 0.25) is 0 Å². The summed E-state index contributed by atoms with van der Waals surface area (Å²) < 4.78 is 5.85. The van der Waals surface area contributed by atoms with E-state index in [1.54, 1.807) is 0 Å². The quantitative estimate of drug-likeness (QED) is 0.601. The van der Waals surface area contributed by atoms with Crippen molar-refractivity contribution in [3.63, 3.8) is 0 Å². The Hall–Kier alpha value is -1.94. The molecule has 0 spiro atoms. The second-order valence-electron chi connectivity index (χ2n) is 4.03. The molecule has 1 aliphatic carbocycles. The maximum absolute atomic E-state index is 5.85. The Bertz CT molecular complexity index is 632. The Morgan fingerprint density at radius 2 is 2.19 bits per heavy atom. The first-order valence-electron chi connectivity index (χ1n) is 5.49. The number of hydrogen-bond acceptors (Lipinski definition) is 1. The Labute approximate surface area is 94.8 Å². The number of benzene rings is 1. The van der Waals surface area contributed by atoms with Gasteiger partial charge in [-0.3, -0.25) is 0 Å². The van der Waals surface area contributed by atoms with Crippen LogP contribution in [0.5, 0.6) is 0 Å². The van der Waals surface area contributed by atoms with Crippen LogP contribution in [0.25, 0.3) is 17.0 Å². The molecule has 0 aliphatic heterocycles. The highest BCUT2D eigenvalue weighted by atomic mass is 16.3. The molecule has 3 rings (SSSR count).